The monoisotopic (exact) mass is 361 g/mol. The highest BCUT2D eigenvalue weighted by Crippen LogP contribution is 1.76. The van der Waals surface area contributed by atoms with Crippen molar-refractivity contribution < 1.29 is 0 Å². The Balaban J connectivity index is -0.0000000231. The average molecular weight is 361 g/mol. The van der Waals surface area contributed by atoms with E-state index in [9.17, 15) is 0 Å². The van der Waals surface area contributed by atoms with Crippen molar-refractivity contribution in [2.75, 3.05) is 7.05 Å². The molecule has 17 heavy (non-hydrogen) atoms. The van der Waals surface area contributed by atoms with Crippen LogP contribution >= 0.6 is 24.0 Å². The highest BCUT2D eigenvalue weighted by Gasteiger charge is 1.76. The molecular weight excluding hydrogens is 321 g/mol. The SMILES string of the molecule is C=CC.CC.CC.CCCC.CNC(C)C.I. The molecule has 0 unspecified atom stereocenters. The van der Waals surface area contributed by atoms with Gasteiger partial charge in [0.1, 0.15) is 0 Å². The van der Waals surface area contributed by atoms with Gasteiger partial charge in [0.25, 0.3) is 0 Å². The molecule has 0 aliphatic rings. The lowest BCUT2D eigenvalue weighted by Gasteiger charge is -1.95. The van der Waals surface area contributed by atoms with Crippen LogP contribution in [0.3, 0.4) is 0 Å². The number of allylic oxidation sites excluding steroid dienone is 1. The molecule has 0 radical (unpaired) electrons. The molecule has 0 rings (SSSR count). The molecule has 0 saturated carbocycles. The number of halogens is 1. The van der Waals surface area contributed by atoms with Gasteiger partial charge in [-0.2, -0.15) is 0 Å². The van der Waals surface area contributed by atoms with Gasteiger partial charge in [-0.15, -0.1) is 30.6 Å². The predicted octanol–water partition coefficient (Wildman–Crippen LogP) is 6.28. The number of nitrogens with one attached hydrogen (secondary N) is 1. The Bertz CT molecular complexity index is 61.9. The van der Waals surface area contributed by atoms with E-state index in [0.717, 1.165) is 0 Å². The van der Waals surface area contributed by atoms with E-state index in [-0.39, 0.29) is 24.0 Å². The van der Waals surface area contributed by atoms with Gasteiger partial charge in [0.2, 0.25) is 0 Å². The molecule has 0 atom stereocenters. The Morgan fingerprint density at radius 2 is 1.12 bits per heavy atom. The van der Waals surface area contributed by atoms with Gasteiger partial charge in [-0.3, -0.25) is 0 Å². The van der Waals surface area contributed by atoms with Gasteiger partial charge in [-0.05, 0) is 14.0 Å². The molecule has 112 valence electrons. The maximum atomic E-state index is 3.36. The van der Waals surface area contributed by atoms with E-state index in [4.69, 9.17) is 0 Å². The minimum Gasteiger partial charge on any atom is -0.318 e. The van der Waals surface area contributed by atoms with Gasteiger partial charge in [-0.1, -0.05) is 74.3 Å². The van der Waals surface area contributed by atoms with E-state index >= 15 is 0 Å². The van der Waals surface area contributed by atoms with Gasteiger partial charge in [0.15, 0.2) is 0 Å². The van der Waals surface area contributed by atoms with Crippen LogP contribution in [0.25, 0.3) is 0 Å². The molecule has 0 heterocycles. The van der Waals surface area contributed by atoms with Crippen LogP contribution in [-0.2, 0) is 0 Å². The van der Waals surface area contributed by atoms with Crippen LogP contribution in [0.1, 0.15) is 75.2 Å². The lowest BCUT2D eigenvalue weighted by Crippen LogP contribution is -2.15. The maximum absolute atomic E-state index is 3.36. The third-order valence-electron chi connectivity index (χ3n) is 1.08. The Morgan fingerprint density at radius 1 is 1.00 bits per heavy atom. The summed E-state index contributed by atoms with van der Waals surface area (Å²) in [6.45, 7) is 21.8. The molecular formula is C15H40IN. The topological polar surface area (TPSA) is 12.0 Å². The summed E-state index contributed by atoms with van der Waals surface area (Å²) in [7, 11) is 1.95. The van der Waals surface area contributed by atoms with Crippen LogP contribution in [0, 0.1) is 0 Å². The first-order chi connectivity index (χ1) is 7.60. The number of hydrogen-bond acceptors (Lipinski definition) is 1. The maximum Gasteiger partial charge on any atom is 0.000733 e. The Hall–Kier alpha value is 0.430. The van der Waals surface area contributed by atoms with E-state index in [2.05, 4.69) is 39.6 Å². The molecule has 0 spiro atoms. The molecule has 0 aromatic carbocycles. The molecule has 1 nitrogen and oxygen atoms in total. The summed E-state index contributed by atoms with van der Waals surface area (Å²) in [5, 5.41) is 3.03. The summed E-state index contributed by atoms with van der Waals surface area (Å²) in [6.07, 6.45) is 4.39. The summed E-state index contributed by atoms with van der Waals surface area (Å²) in [4.78, 5) is 0. The van der Waals surface area contributed by atoms with Gasteiger partial charge < -0.3 is 5.32 Å². The molecule has 0 bridgehead atoms. The Labute approximate surface area is 130 Å². The summed E-state index contributed by atoms with van der Waals surface area (Å²) in [5.41, 5.74) is 0. The van der Waals surface area contributed by atoms with Crippen LogP contribution in [0.4, 0.5) is 0 Å². The zero-order valence-corrected chi connectivity index (χ0v) is 16.5. The first kappa shape index (κ1) is 36.0. The van der Waals surface area contributed by atoms with E-state index < -0.39 is 0 Å². The number of unbranched alkanes of at least 4 members (excludes halogenated alkanes) is 1. The minimum absolute atomic E-state index is 0. The predicted molar refractivity (Wildman–Crippen MR) is 98.8 cm³/mol. The van der Waals surface area contributed by atoms with Crippen molar-refractivity contribution in [3.63, 3.8) is 0 Å². The van der Waals surface area contributed by atoms with Gasteiger partial charge in [0.05, 0.1) is 0 Å². The fourth-order valence-corrected chi connectivity index (χ4v) is 0. The van der Waals surface area contributed by atoms with Gasteiger partial charge >= 0.3 is 0 Å². The molecule has 1 N–H and O–H groups in total. The van der Waals surface area contributed by atoms with E-state index in [1.54, 1.807) is 6.08 Å². The summed E-state index contributed by atoms with van der Waals surface area (Å²) >= 11 is 0. The Morgan fingerprint density at radius 3 is 1.12 bits per heavy atom. The average Bonchev–Trinajstić information content (AvgIpc) is 2.35. The molecule has 0 saturated heterocycles. The largest absolute Gasteiger partial charge is 0.318 e. The Kier molecular flexibility index (Phi) is 150. The quantitative estimate of drug-likeness (QED) is 0.451. The first-order valence-corrected chi connectivity index (χ1v) is 6.84. The van der Waals surface area contributed by atoms with Crippen molar-refractivity contribution in [3.8, 4) is 0 Å². The van der Waals surface area contributed by atoms with Crippen LogP contribution in [0.2, 0.25) is 0 Å². The first-order valence-electron chi connectivity index (χ1n) is 6.84. The lowest BCUT2D eigenvalue weighted by atomic mass is 10.4. The lowest BCUT2D eigenvalue weighted by molar-refractivity contribution is 0.668. The van der Waals surface area contributed by atoms with Gasteiger partial charge in [-0.25, -0.2) is 0 Å². The summed E-state index contributed by atoms with van der Waals surface area (Å²) < 4.78 is 0. The molecule has 0 aliphatic heterocycles. The second-order valence-corrected chi connectivity index (χ2v) is 2.85. The summed E-state index contributed by atoms with van der Waals surface area (Å²) in [6, 6.07) is 0.634. The van der Waals surface area contributed by atoms with Crippen molar-refractivity contribution in [1.29, 1.82) is 0 Å². The smallest absolute Gasteiger partial charge is 0.000733 e. The fourth-order valence-electron chi connectivity index (χ4n) is 0. The third kappa shape index (κ3) is 291. The molecule has 0 aromatic rings. The van der Waals surface area contributed by atoms with Crippen LogP contribution in [-0.4, -0.2) is 13.1 Å². The zero-order valence-electron chi connectivity index (χ0n) is 14.2. The van der Waals surface area contributed by atoms with Crippen molar-refractivity contribution in [2.45, 2.75) is 81.2 Å². The van der Waals surface area contributed by atoms with Crippen LogP contribution in [0.15, 0.2) is 12.7 Å². The van der Waals surface area contributed by atoms with E-state index in [1.807, 2.05) is 41.7 Å². The summed E-state index contributed by atoms with van der Waals surface area (Å²) in [5.74, 6) is 0. The molecule has 0 aliphatic carbocycles. The normalized spacial score (nSPS) is 6.06. The number of hydrogen-bond donors (Lipinski definition) is 1. The van der Waals surface area contributed by atoms with E-state index in [1.165, 1.54) is 12.8 Å². The number of rotatable bonds is 2. The molecule has 0 fully saturated rings. The molecule has 0 amide bonds. The standard InChI is InChI=1S/C4H11N.C4H10.C3H6.2C2H6.HI/c1-4(2)5-3;1-3-4-2;1-3-2;2*1-2;/h4-5H,1-3H3;3-4H2,1-2H3;3H,1H2,2H3;2*1-2H3;1H. The second kappa shape index (κ2) is 70.9. The van der Waals surface area contributed by atoms with Crippen molar-refractivity contribution in [2.24, 2.45) is 0 Å². The highest BCUT2D eigenvalue weighted by atomic mass is 127. The fraction of sp³-hybridized carbons (Fsp3) is 0.867. The van der Waals surface area contributed by atoms with Crippen LogP contribution < -0.4 is 5.32 Å². The zero-order chi connectivity index (χ0) is 14.4. The van der Waals surface area contributed by atoms with Crippen LogP contribution in [0.5, 0.6) is 0 Å². The van der Waals surface area contributed by atoms with Crippen molar-refractivity contribution >= 4 is 24.0 Å². The molecule has 0 aromatic heterocycles. The molecule has 2 heteroatoms. The van der Waals surface area contributed by atoms with Gasteiger partial charge in [0, 0.05) is 6.04 Å². The second-order valence-electron chi connectivity index (χ2n) is 2.85. The van der Waals surface area contributed by atoms with E-state index in [0.29, 0.717) is 6.04 Å². The highest BCUT2D eigenvalue weighted by molar-refractivity contribution is 14.0. The third-order valence-corrected chi connectivity index (χ3v) is 1.08. The van der Waals surface area contributed by atoms with Crippen molar-refractivity contribution in [1.82, 2.24) is 5.32 Å². The minimum atomic E-state index is 0. The van der Waals surface area contributed by atoms with Crippen molar-refractivity contribution in [3.05, 3.63) is 12.7 Å².